The summed E-state index contributed by atoms with van der Waals surface area (Å²) in [6, 6.07) is -4.25. The van der Waals surface area contributed by atoms with Gasteiger partial charge in [0.1, 0.15) is 18.1 Å². The second-order valence-corrected chi connectivity index (χ2v) is 6.95. The highest BCUT2D eigenvalue weighted by molar-refractivity contribution is 5.94. The Morgan fingerprint density at radius 3 is 1.89 bits per heavy atom. The highest BCUT2D eigenvalue weighted by atomic mass is 16.4. The van der Waals surface area contributed by atoms with Crippen molar-refractivity contribution in [3.63, 3.8) is 0 Å². The van der Waals surface area contributed by atoms with Crippen LogP contribution in [0.1, 0.15) is 40.0 Å². The van der Waals surface area contributed by atoms with Gasteiger partial charge in [-0.05, 0) is 38.6 Å². The largest absolute Gasteiger partial charge is 0.480 e. The Bertz CT molecular complexity index is 540. The number of carboxylic acids is 1. The second kappa shape index (κ2) is 13.0. The molecule has 0 rings (SSSR count). The first-order chi connectivity index (χ1) is 13.0. The maximum atomic E-state index is 12.7. The molecule has 9 N–H and O–H groups in total. The number of unbranched alkanes of at least 4 members (excludes halogenated alkanes) is 1. The molecule has 11 heteroatoms. The van der Waals surface area contributed by atoms with Gasteiger partial charge in [-0.3, -0.25) is 14.4 Å². The van der Waals surface area contributed by atoms with Gasteiger partial charge in [-0.2, -0.15) is 0 Å². The summed E-state index contributed by atoms with van der Waals surface area (Å²) in [6.45, 7) is 4.47. The number of nitrogens with one attached hydrogen (secondary N) is 3. The van der Waals surface area contributed by atoms with E-state index in [1.807, 2.05) is 0 Å². The molecule has 0 aliphatic heterocycles. The molecule has 0 aromatic heterocycles. The van der Waals surface area contributed by atoms with Gasteiger partial charge in [-0.25, -0.2) is 4.79 Å². The number of amides is 3. The van der Waals surface area contributed by atoms with Crippen molar-refractivity contribution in [3.8, 4) is 0 Å². The lowest BCUT2D eigenvalue weighted by molar-refractivity contribution is -0.143. The molecule has 3 amide bonds. The van der Waals surface area contributed by atoms with E-state index in [-0.39, 0.29) is 5.92 Å². The Hall–Kier alpha value is -2.24. The third-order valence-electron chi connectivity index (χ3n) is 4.04. The summed E-state index contributed by atoms with van der Waals surface area (Å²) < 4.78 is 0. The molecule has 28 heavy (non-hydrogen) atoms. The van der Waals surface area contributed by atoms with E-state index in [0.717, 1.165) is 0 Å². The number of carbonyl (C=O) groups is 4. The molecular formula is C17H33N5O6. The zero-order valence-electron chi connectivity index (χ0n) is 16.6. The lowest BCUT2D eigenvalue weighted by atomic mass is 10.0. The Labute approximate surface area is 164 Å². The fourth-order valence-corrected chi connectivity index (χ4v) is 2.30. The van der Waals surface area contributed by atoms with Crippen molar-refractivity contribution < 1.29 is 29.4 Å². The highest BCUT2D eigenvalue weighted by Gasteiger charge is 2.31. The van der Waals surface area contributed by atoms with Crippen molar-refractivity contribution in [1.82, 2.24) is 16.0 Å². The minimum atomic E-state index is -1.48. The van der Waals surface area contributed by atoms with Gasteiger partial charge in [-0.15, -0.1) is 0 Å². The molecule has 0 aliphatic rings. The van der Waals surface area contributed by atoms with Gasteiger partial charge in [-0.1, -0.05) is 13.8 Å². The summed E-state index contributed by atoms with van der Waals surface area (Å²) in [6.07, 6.45) is 1.54. The molecule has 0 heterocycles. The van der Waals surface area contributed by atoms with Gasteiger partial charge >= 0.3 is 5.97 Å². The molecule has 0 aliphatic carbocycles. The zero-order valence-corrected chi connectivity index (χ0v) is 16.6. The van der Waals surface area contributed by atoms with Crippen LogP contribution >= 0.6 is 0 Å². The van der Waals surface area contributed by atoms with Crippen LogP contribution in [0.3, 0.4) is 0 Å². The maximum Gasteiger partial charge on any atom is 0.328 e. The molecule has 4 unspecified atom stereocenters. The van der Waals surface area contributed by atoms with Crippen LogP contribution in [0, 0.1) is 5.92 Å². The van der Waals surface area contributed by atoms with Crippen LogP contribution in [0.25, 0.3) is 0 Å². The Morgan fingerprint density at radius 1 is 0.893 bits per heavy atom. The van der Waals surface area contributed by atoms with Gasteiger partial charge in [0.2, 0.25) is 17.7 Å². The molecule has 0 spiro atoms. The molecule has 0 aromatic carbocycles. The average molecular weight is 403 g/mol. The van der Waals surface area contributed by atoms with E-state index in [4.69, 9.17) is 21.7 Å². The minimum Gasteiger partial charge on any atom is -0.480 e. The van der Waals surface area contributed by atoms with Crippen molar-refractivity contribution in [1.29, 1.82) is 0 Å². The van der Waals surface area contributed by atoms with E-state index in [9.17, 15) is 19.2 Å². The van der Waals surface area contributed by atoms with E-state index in [1.165, 1.54) is 6.92 Å². The molecule has 0 aromatic rings. The predicted octanol–water partition coefficient (Wildman–Crippen LogP) is -2.35. The van der Waals surface area contributed by atoms with Crippen LogP contribution in [-0.2, 0) is 19.2 Å². The van der Waals surface area contributed by atoms with E-state index in [0.29, 0.717) is 25.8 Å². The Balaban J connectivity index is 5.22. The summed E-state index contributed by atoms with van der Waals surface area (Å²) in [7, 11) is 0. The Kier molecular flexibility index (Phi) is 12.0. The normalized spacial score (nSPS) is 15.2. The molecule has 162 valence electrons. The van der Waals surface area contributed by atoms with E-state index >= 15 is 0 Å². The number of hydrogen-bond donors (Lipinski definition) is 7. The van der Waals surface area contributed by atoms with Crippen molar-refractivity contribution >= 4 is 23.7 Å². The minimum absolute atomic E-state index is 0.308. The second-order valence-electron chi connectivity index (χ2n) is 6.95. The number of nitrogens with two attached hydrogens (primary N) is 2. The van der Waals surface area contributed by atoms with Crippen LogP contribution in [0.15, 0.2) is 0 Å². The summed E-state index contributed by atoms with van der Waals surface area (Å²) in [5.41, 5.74) is 11.0. The molecule has 11 nitrogen and oxygen atoms in total. The number of aliphatic hydroxyl groups is 1. The summed E-state index contributed by atoms with van der Waals surface area (Å²) >= 11 is 0. The first-order valence-electron chi connectivity index (χ1n) is 9.25. The summed E-state index contributed by atoms with van der Waals surface area (Å²) in [5.74, 6) is -3.61. The molecule has 0 radical (unpaired) electrons. The van der Waals surface area contributed by atoms with Crippen molar-refractivity contribution in [2.24, 2.45) is 17.4 Å². The van der Waals surface area contributed by atoms with Crippen LogP contribution < -0.4 is 27.4 Å². The van der Waals surface area contributed by atoms with Crippen LogP contribution in [-0.4, -0.2) is 71.2 Å². The lowest BCUT2D eigenvalue weighted by Crippen LogP contribution is -2.58. The van der Waals surface area contributed by atoms with Crippen LogP contribution in [0.5, 0.6) is 0 Å². The lowest BCUT2D eigenvalue weighted by Gasteiger charge is -2.26. The molecule has 0 bridgehead atoms. The van der Waals surface area contributed by atoms with Gasteiger partial charge in [0, 0.05) is 0 Å². The third-order valence-corrected chi connectivity index (χ3v) is 4.04. The molecule has 4 atom stereocenters. The monoisotopic (exact) mass is 403 g/mol. The average Bonchev–Trinajstić information content (AvgIpc) is 2.62. The first kappa shape index (κ1) is 25.8. The van der Waals surface area contributed by atoms with Gasteiger partial charge < -0.3 is 37.6 Å². The number of rotatable bonds is 13. The topological polar surface area (TPSA) is 197 Å². The molecule has 0 fully saturated rings. The fraction of sp³-hybridized carbons (Fsp3) is 0.765. The van der Waals surface area contributed by atoms with Gasteiger partial charge in [0.25, 0.3) is 0 Å². The van der Waals surface area contributed by atoms with Gasteiger partial charge in [0.15, 0.2) is 0 Å². The van der Waals surface area contributed by atoms with E-state index in [1.54, 1.807) is 13.8 Å². The first-order valence-corrected chi connectivity index (χ1v) is 9.25. The van der Waals surface area contributed by atoms with Crippen molar-refractivity contribution in [2.45, 2.75) is 64.2 Å². The Morgan fingerprint density at radius 2 is 1.46 bits per heavy atom. The SMILES string of the molecule is CC(N)C(=O)NC(CCCCN)C(=O)NC(C(=O)NC(CO)C(=O)O)C(C)C. The predicted molar refractivity (Wildman–Crippen MR) is 102 cm³/mol. The van der Waals surface area contributed by atoms with Gasteiger partial charge in [0.05, 0.1) is 12.6 Å². The zero-order chi connectivity index (χ0) is 21.9. The quantitative estimate of drug-likeness (QED) is 0.166. The third kappa shape index (κ3) is 9.11. The molecule has 0 saturated heterocycles. The number of carboxylic acid groups (broad SMARTS) is 1. The van der Waals surface area contributed by atoms with Crippen molar-refractivity contribution in [3.05, 3.63) is 0 Å². The smallest absolute Gasteiger partial charge is 0.328 e. The molecular weight excluding hydrogens is 370 g/mol. The van der Waals surface area contributed by atoms with Crippen LogP contribution in [0.2, 0.25) is 0 Å². The standard InChI is InChI=1S/C17H33N5O6/c1-9(2)13(16(26)21-12(8-23)17(27)28)22-15(25)11(6-4-5-7-18)20-14(24)10(3)19/h9-13,23H,4-8,18-19H2,1-3H3,(H,20,24)(H,21,26)(H,22,25)(H,27,28). The van der Waals surface area contributed by atoms with Crippen LogP contribution in [0.4, 0.5) is 0 Å². The number of aliphatic hydroxyl groups excluding tert-OH is 1. The highest BCUT2D eigenvalue weighted by Crippen LogP contribution is 2.06. The number of carbonyl (C=O) groups excluding carboxylic acids is 3. The maximum absolute atomic E-state index is 12.7. The summed E-state index contributed by atoms with van der Waals surface area (Å²) in [5, 5.41) is 25.3. The van der Waals surface area contributed by atoms with E-state index < -0.39 is 54.5 Å². The number of hydrogen-bond acceptors (Lipinski definition) is 7. The van der Waals surface area contributed by atoms with Crippen molar-refractivity contribution in [2.75, 3.05) is 13.2 Å². The fourth-order valence-electron chi connectivity index (χ4n) is 2.30. The summed E-state index contributed by atoms with van der Waals surface area (Å²) in [4.78, 5) is 47.9. The van der Waals surface area contributed by atoms with E-state index in [2.05, 4.69) is 16.0 Å². The molecule has 0 saturated carbocycles. The number of aliphatic carboxylic acids is 1.